The molecule has 6 heteroatoms. The third-order valence-corrected chi connectivity index (χ3v) is 2.05. The second kappa shape index (κ2) is 4.48. The van der Waals surface area contributed by atoms with Gasteiger partial charge in [0.05, 0.1) is 18.3 Å². The van der Waals surface area contributed by atoms with Crippen molar-refractivity contribution in [1.82, 2.24) is 5.32 Å². The number of para-hydroxylation sites is 1. The summed E-state index contributed by atoms with van der Waals surface area (Å²) in [6.45, 7) is 0.260. The van der Waals surface area contributed by atoms with Gasteiger partial charge < -0.3 is 10.1 Å². The van der Waals surface area contributed by atoms with Gasteiger partial charge in [-0.2, -0.15) is 13.2 Å². The van der Waals surface area contributed by atoms with Gasteiger partial charge in [-0.05, 0) is 12.1 Å². The van der Waals surface area contributed by atoms with Gasteiger partial charge in [0.1, 0.15) is 11.5 Å². The van der Waals surface area contributed by atoms with E-state index in [-0.39, 0.29) is 12.3 Å². The summed E-state index contributed by atoms with van der Waals surface area (Å²) in [5, 5.41) is 2.62. The first-order chi connectivity index (χ1) is 8.07. The molecule has 1 N–H and O–H groups in total. The summed E-state index contributed by atoms with van der Waals surface area (Å²) >= 11 is 0. The Bertz CT molecular complexity index is 466. The van der Waals surface area contributed by atoms with E-state index in [1.807, 2.05) is 0 Å². The van der Waals surface area contributed by atoms with Crippen LogP contribution in [-0.4, -0.2) is 12.9 Å². The molecule has 1 aliphatic heterocycles. The van der Waals surface area contributed by atoms with Gasteiger partial charge >= 0.3 is 6.18 Å². The Hall–Kier alpha value is -1.98. The number of halogens is 3. The van der Waals surface area contributed by atoms with E-state index in [4.69, 9.17) is 4.74 Å². The summed E-state index contributed by atoms with van der Waals surface area (Å²) in [7, 11) is 0. The van der Waals surface area contributed by atoms with Crippen LogP contribution < -0.4 is 10.1 Å². The summed E-state index contributed by atoms with van der Waals surface area (Å²) in [5.41, 5.74) is -0.806. The second-order valence-electron chi connectivity index (χ2n) is 3.29. The zero-order chi connectivity index (χ0) is 12.3. The predicted molar refractivity (Wildman–Crippen MR) is 55.6 cm³/mol. The molecule has 0 saturated carbocycles. The highest BCUT2D eigenvalue weighted by Gasteiger charge is 2.34. The number of alkyl halides is 3. The lowest BCUT2D eigenvalue weighted by atomic mass is 10.2. The topological polar surface area (TPSA) is 33.6 Å². The number of nitrogens with one attached hydrogen (secondary N) is 1. The molecule has 89 valence electrons. The van der Waals surface area contributed by atoms with E-state index >= 15 is 0 Å². The summed E-state index contributed by atoms with van der Waals surface area (Å²) in [5.74, 6) is 0.0746. The standard InChI is InChI=1S/C11H8F3N2O/c12-11(13,14)9-3-1-2-4-10(9)17-8-5-15-7-16-6-8/h1-5H,6H2,(H,15,16). The van der Waals surface area contributed by atoms with Crippen LogP contribution in [0.15, 0.2) is 41.2 Å². The van der Waals surface area contributed by atoms with Gasteiger partial charge in [0, 0.05) is 0 Å². The van der Waals surface area contributed by atoms with Crippen molar-refractivity contribution in [1.29, 1.82) is 0 Å². The molecular weight excluding hydrogens is 233 g/mol. The van der Waals surface area contributed by atoms with Gasteiger partial charge in [0.25, 0.3) is 0 Å². The summed E-state index contributed by atoms with van der Waals surface area (Å²) in [6.07, 6.45) is -0.671. The molecule has 0 unspecified atom stereocenters. The molecule has 1 aliphatic rings. The van der Waals surface area contributed by atoms with Crippen LogP contribution in [0.3, 0.4) is 0 Å². The average Bonchev–Trinajstić information content (AvgIpc) is 2.30. The largest absolute Gasteiger partial charge is 0.458 e. The van der Waals surface area contributed by atoms with Crippen molar-refractivity contribution in [3.63, 3.8) is 0 Å². The lowest BCUT2D eigenvalue weighted by Gasteiger charge is -2.15. The molecule has 0 fully saturated rings. The Kier molecular flexibility index (Phi) is 3.03. The van der Waals surface area contributed by atoms with Gasteiger partial charge in [-0.15, -0.1) is 0 Å². The maximum absolute atomic E-state index is 12.7. The second-order valence-corrected chi connectivity index (χ2v) is 3.29. The third-order valence-electron chi connectivity index (χ3n) is 2.05. The van der Waals surface area contributed by atoms with Crippen LogP contribution in [0.5, 0.6) is 5.75 Å². The zero-order valence-electron chi connectivity index (χ0n) is 8.58. The number of aliphatic imine (C=N–C) groups is 1. The van der Waals surface area contributed by atoms with E-state index in [9.17, 15) is 13.2 Å². The molecule has 1 aromatic rings. The van der Waals surface area contributed by atoms with E-state index in [1.165, 1.54) is 24.4 Å². The molecule has 0 atom stereocenters. The van der Waals surface area contributed by atoms with Crippen molar-refractivity contribution in [3.8, 4) is 5.75 Å². The molecule has 0 saturated heterocycles. The molecule has 0 aromatic heterocycles. The highest BCUT2D eigenvalue weighted by Crippen LogP contribution is 2.36. The number of ether oxygens (including phenoxy) is 1. The van der Waals surface area contributed by atoms with Crippen LogP contribution >= 0.6 is 0 Å². The van der Waals surface area contributed by atoms with Crippen LogP contribution in [0.25, 0.3) is 0 Å². The Morgan fingerprint density at radius 1 is 1.29 bits per heavy atom. The normalized spacial score (nSPS) is 15.1. The van der Waals surface area contributed by atoms with Crippen LogP contribution in [0.4, 0.5) is 13.2 Å². The molecule has 0 amide bonds. The molecule has 0 bridgehead atoms. The van der Waals surface area contributed by atoms with Crippen molar-refractivity contribution < 1.29 is 17.9 Å². The summed E-state index contributed by atoms with van der Waals surface area (Å²) in [6, 6.07) is 5.04. The van der Waals surface area contributed by atoms with Crippen LogP contribution in [0, 0.1) is 0 Å². The number of nitrogens with zero attached hydrogens (tertiary/aromatic N) is 1. The molecule has 3 nitrogen and oxygen atoms in total. The minimum atomic E-state index is -4.44. The van der Waals surface area contributed by atoms with Crippen LogP contribution in [0.1, 0.15) is 5.56 Å². The first-order valence-corrected chi connectivity index (χ1v) is 4.78. The maximum Gasteiger partial charge on any atom is 0.419 e. The van der Waals surface area contributed by atoms with Crippen LogP contribution in [-0.2, 0) is 6.18 Å². The van der Waals surface area contributed by atoms with E-state index in [0.717, 1.165) is 6.07 Å². The minimum absolute atomic E-state index is 0.231. The first kappa shape index (κ1) is 11.5. The lowest BCUT2D eigenvalue weighted by Crippen LogP contribution is -2.21. The summed E-state index contributed by atoms with van der Waals surface area (Å²) in [4.78, 5) is 3.62. The molecule has 0 spiro atoms. The minimum Gasteiger partial charge on any atom is -0.458 e. The molecule has 1 heterocycles. The van der Waals surface area contributed by atoms with Gasteiger partial charge in [-0.25, -0.2) is 4.99 Å². The zero-order valence-corrected chi connectivity index (χ0v) is 8.58. The molecule has 2 rings (SSSR count). The fourth-order valence-corrected chi connectivity index (χ4v) is 1.32. The Morgan fingerprint density at radius 3 is 2.71 bits per heavy atom. The highest BCUT2D eigenvalue weighted by molar-refractivity contribution is 5.57. The smallest absolute Gasteiger partial charge is 0.419 e. The first-order valence-electron chi connectivity index (χ1n) is 4.78. The lowest BCUT2D eigenvalue weighted by molar-refractivity contribution is -0.138. The van der Waals surface area contributed by atoms with Gasteiger partial charge in [-0.1, -0.05) is 12.1 Å². The molecule has 1 radical (unpaired) electrons. The third kappa shape index (κ3) is 2.77. The number of hydrogen-bond acceptors (Lipinski definition) is 3. The molecule has 0 aliphatic carbocycles. The summed E-state index contributed by atoms with van der Waals surface area (Å²) < 4.78 is 43.1. The molecule has 17 heavy (non-hydrogen) atoms. The highest BCUT2D eigenvalue weighted by atomic mass is 19.4. The molecule has 1 aromatic carbocycles. The van der Waals surface area contributed by atoms with E-state index < -0.39 is 11.7 Å². The Labute approximate surface area is 95.6 Å². The predicted octanol–water partition coefficient (Wildman–Crippen LogP) is 2.43. The van der Waals surface area contributed by atoms with E-state index in [2.05, 4.69) is 16.6 Å². The van der Waals surface area contributed by atoms with Crippen molar-refractivity contribution in [2.24, 2.45) is 4.99 Å². The number of rotatable bonds is 2. The van der Waals surface area contributed by atoms with Crippen molar-refractivity contribution >= 4 is 6.34 Å². The number of hydrogen-bond donors (Lipinski definition) is 1. The monoisotopic (exact) mass is 241 g/mol. The van der Waals surface area contributed by atoms with Crippen molar-refractivity contribution in [2.75, 3.05) is 6.54 Å². The average molecular weight is 241 g/mol. The SMILES string of the molecule is FC(F)(F)c1ccccc1OC1=CN=[C]NC1. The Balaban J connectivity index is 2.26. The van der Waals surface area contributed by atoms with Gasteiger partial charge in [0.2, 0.25) is 0 Å². The van der Waals surface area contributed by atoms with E-state index in [0.29, 0.717) is 5.76 Å². The quantitative estimate of drug-likeness (QED) is 0.862. The number of benzene rings is 1. The Morgan fingerprint density at radius 2 is 2.06 bits per heavy atom. The maximum atomic E-state index is 12.7. The molecular formula is C11H8F3N2O. The van der Waals surface area contributed by atoms with E-state index in [1.54, 1.807) is 0 Å². The van der Waals surface area contributed by atoms with Crippen LogP contribution in [0.2, 0.25) is 0 Å². The van der Waals surface area contributed by atoms with Crippen molar-refractivity contribution in [3.05, 3.63) is 41.8 Å². The van der Waals surface area contributed by atoms with Gasteiger partial charge in [0.15, 0.2) is 6.34 Å². The van der Waals surface area contributed by atoms with Gasteiger partial charge in [-0.3, -0.25) is 0 Å². The fraction of sp³-hybridized carbons (Fsp3) is 0.182. The fourth-order valence-electron chi connectivity index (χ4n) is 1.32. The van der Waals surface area contributed by atoms with Crippen molar-refractivity contribution in [2.45, 2.75) is 6.18 Å².